The maximum Gasteiger partial charge on any atom is 0.326 e. The predicted octanol–water partition coefficient (Wildman–Crippen LogP) is 3.73. The lowest BCUT2D eigenvalue weighted by Crippen LogP contribution is -2.46. The highest BCUT2D eigenvalue weighted by Gasteiger charge is 2.49. The average molecular weight is 362 g/mol. The van der Waals surface area contributed by atoms with E-state index in [9.17, 15) is 4.79 Å². The lowest BCUT2D eigenvalue weighted by Gasteiger charge is -2.35. The summed E-state index contributed by atoms with van der Waals surface area (Å²) in [5, 5.41) is 3.05. The summed E-state index contributed by atoms with van der Waals surface area (Å²) in [6.45, 7) is 2.77. The number of carbonyl (C=O) groups excluding carboxylic acids is 1. The van der Waals surface area contributed by atoms with Crippen molar-refractivity contribution in [2.45, 2.75) is 31.3 Å². The largest absolute Gasteiger partial charge is 0.465 e. The van der Waals surface area contributed by atoms with Gasteiger partial charge < -0.3 is 9.72 Å². The smallest absolute Gasteiger partial charge is 0.326 e. The fourth-order valence-electron chi connectivity index (χ4n) is 4.51. The third-order valence-corrected chi connectivity index (χ3v) is 5.69. The van der Waals surface area contributed by atoms with Gasteiger partial charge in [0, 0.05) is 28.9 Å². The molecule has 3 heterocycles. The van der Waals surface area contributed by atoms with Crippen LogP contribution in [-0.2, 0) is 20.8 Å². The molecule has 1 saturated heterocycles. The van der Waals surface area contributed by atoms with E-state index in [2.05, 4.69) is 41.4 Å². The molecule has 0 saturated carbocycles. The second-order valence-corrected chi connectivity index (χ2v) is 7.15. The van der Waals surface area contributed by atoms with Gasteiger partial charge in [-0.15, -0.1) is 0 Å². The van der Waals surface area contributed by atoms with Crippen molar-refractivity contribution >= 4 is 16.9 Å². The summed E-state index contributed by atoms with van der Waals surface area (Å²) in [5.41, 5.74) is 4.68. The molecule has 2 aliphatic rings. The summed E-state index contributed by atoms with van der Waals surface area (Å²) < 4.78 is 5.36. The van der Waals surface area contributed by atoms with Crippen LogP contribution in [0.25, 0.3) is 10.9 Å². The number of fused-ring (bicyclic) bond motifs is 5. The van der Waals surface area contributed by atoms with Gasteiger partial charge in [-0.2, -0.15) is 5.06 Å². The summed E-state index contributed by atoms with van der Waals surface area (Å²) in [6, 6.07) is 18.2. The van der Waals surface area contributed by atoms with Gasteiger partial charge in [-0.25, -0.2) is 0 Å². The van der Waals surface area contributed by atoms with E-state index in [0.29, 0.717) is 19.6 Å². The molecule has 0 amide bonds. The molecule has 138 valence electrons. The van der Waals surface area contributed by atoms with Gasteiger partial charge in [-0.3, -0.25) is 9.63 Å². The van der Waals surface area contributed by atoms with Gasteiger partial charge in [0.15, 0.2) is 0 Å². The number of ether oxygens (including phenoxy) is 1. The zero-order valence-electron chi connectivity index (χ0n) is 15.2. The first-order valence-corrected chi connectivity index (χ1v) is 9.50. The van der Waals surface area contributed by atoms with Crippen LogP contribution in [0.1, 0.15) is 35.7 Å². The molecule has 1 fully saturated rings. The van der Waals surface area contributed by atoms with Crippen LogP contribution < -0.4 is 0 Å². The predicted molar refractivity (Wildman–Crippen MR) is 102 cm³/mol. The number of rotatable bonds is 3. The van der Waals surface area contributed by atoms with Gasteiger partial charge in [0.05, 0.1) is 19.3 Å². The summed E-state index contributed by atoms with van der Waals surface area (Å²) in [7, 11) is 0. The first kappa shape index (κ1) is 16.5. The van der Waals surface area contributed by atoms with E-state index in [-0.39, 0.29) is 17.9 Å². The Labute approximate surface area is 157 Å². The number of esters is 1. The summed E-state index contributed by atoms with van der Waals surface area (Å²) in [5.74, 6) is -0.0534. The molecule has 27 heavy (non-hydrogen) atoms. The molecular formula is C22H22N2O3. The van der Waals surface area contributed by atoms with Crippen molar-refractivity contribution in [2.75, 3.05) is 13.2 Å². The standard InChI is InChI=1S/C22H22N2O3/c1-2-26-22(25)19-12-16-15-10-6-7-11-18(15)23-20(16)21-17(13-27-24(19)21)14-8-4-3-5-9-14/h3-11,17,19,21,23H,2,12-13H2,1H3/t17-,19+,21-/m1/s1. The van der Waals surface area contributed by atoms with Gasteiger partial charge in [0.25, 0.3) is 0 Å². The van der Waals surface area contributed by atoms with E-state index < -0.39 is 6.04 Å². The number of nitrogens with zero attached hydrogens (tertiary/aromatic N) is 1. The molecule has 1 aromatic heterocycles. The number of carbonyl (C=O) groups is 1. The van der Waals surface area contributed by atoms with E-state index in [1.54, 1.807) is 0 Å². The normalized spacial score (nSPS) is 24.6. The number of aromatic nitrogens is 1. The Morgan fingerprint density at radius 2 is 1.96 bits per heavy atom. The monoisotopic (exact) mass is 362 g/mol. The Balaban J connectivity index is 1.65. The number of aromatic amines is 1. The molecule has 3 atom stereocenters. The molecule has 0 radical (unpaired) electrons. The molecule has 2 aromatic carbocycles. The topological polar surface area (TPSA) is 54.6 Å². The highest BCUT2D eigenvalue weighted by molar-refractivity contribution is 5.87. The fraction of sp³-hybridized carbons (Fsp3) is 0.318. The first-order chi connectivity index (χ1) is 13.3. The van der Waals surface area contributed by atoms with Gasteiger partial charge in [0.1, 0.15) is 6.04 Å². The number of para-hydroxylation sites is 1. The van der Waals surface area contributed by atoms with Crippen molar-refractivity contribution in [3.05, 3.63) is 71.4 Å². The molecular weight excluding hydrogens is 340 g/mol. The van der Waals surface area contributed by atoms with Crippen LogP contribution in [-0.4, -0.2) is 35.3 Å². The van der Waals surface area contributed by atoms with Crippen molar-refractivity contribution in [3.8, 4) is 0 Å². The zero-order chi connectivity index (χ0) is 18.4. The van der Waals surface area contributed by atoms with E-state index in [1.165, 1.54) is 16.5 Å². The van der Waals surface area contributed by atoms with Gasteiger partial charge in [0.2, 0.25) is 0 Å². The highest BCUT2D eigenvalue weighted by Crippen LogP contribution is 2.48. The van der Waals surface area contributed by atoms with Crippen molar-refractivity contribution in [2.24, 2.45) is 0 Å². The second-order valence-electron chi connectivity index (χ2n) is 7.15. The molecule has 1 N–H and O–H groups in total. The quantitative estimate of drug-likeness (QED) is 0.722. The second kappa shape index (κ2) is 6.51. The van der Waals surface area contributed by atoms with Crippen LogP contribution >= 0.6 is 0 Å². The molecule has 0 spiro atoms. The number of nitrogens with one attached hydrogen (secondary N) is 1. The zero-order valence-corrected chi connectivity index (χ0v) is 15.2. The van der Waals surface area contributed by atoms with Crippen molar-refractivity contribution in [1.29, 1.82) is 0 Å². The minimum absolute atomic E-state index is 0.0297. The van der Waals surface area contributed by atoms with Crippen molar-refractivity contribution < 1.29 is 14.4 Å². The molecule has 5 rings (SSSR count). The van der Waals surface area contributed by atoms with Crippen molar-refractivity contribution in [3.63, 3.8) is 0 Å². The maximum absolute atomic E-state index is 12.7. The molecule has 0 unspecified atom stereocenters. The number of hydrogen-bond donors (Lipinski definition) is 1. The Bertz CT molecular complexity index is 982. The Morgan fingerprint density at radius 3 is 2.78 bits per heavy atom. The van der Waals surface area contributed by atoms with E-state index in [4.69, 9.17) is 9.57 Å². The summed E-state index contributed by atoms with van der Waals surface area (Å²) >= 11 is 0. The van der Waals surface area contributed by atoms with Crippen molar-refractivity contribution in [1.82, 2.24) is 10.0 Å². The Kier molecular flexibility index (Phi) is 3.99. The number of hydrogen-bond acceptors (Lipinski definition) is 4. The third-order valence-electron chi connectivity index (χ3n) is 5.69. The molecule has 3 aromatic rings. The van der Waals surface area contributed by atoms with Gasteiger partial charge in [-0.1, -0.05) is 48.5 Å². The van der Waals surface area contributed by atoms with Gasteiger partial charge in [-0.05, 0) is 24.1 Å². The molecule has 2 aliphatic heterocycles. The van der Waals surface area contributed by atoms with Crippen LogP contribution in [0.4, 0.5) is 0 Å². The summed E-state index contributed by atoms with van der Waals surface area (Å²) in [4.78, 5) is 22.4. The Hall–Kier alpha value is -2.63. The maximum atomic E-state index is 12.7. The minimum atomic E-state index is -0.421. The third kappa shape index (κ3) is 2.58. The number of hydroxylamine groups is 2. The van der Waals surface area contributed by atoms with E-state index in [1.807, 2.05) is 30.2 Å². The highest BCUT2D eigenvalue weighted by atomic mass is 16.7. The Morgan fingerprint density at radius 1 is 1.19 bits per heavy atom. The van der Waals surface area contributed by atoms with Gasteiger partial charge >= 0.3 is 5.97 Å². The van der Waals surface area contributed by atoms with Crippen LogP contribution in [0.5, 0.6) is 0 Å². The first-order valence-electron chi connectivity index (χ1n) is 9.50. The van der Waals surface area contributed by atoms with Crippen LogP contribution in [0.2, 0.25) is 0 Å². The molecule has 5 nitrogen and oxygen atoms in total. The molecule has 5 heteroatoms. The number of H-pyrrole nitrogens is 1. The van der Waals surface area contributed by atoms with Crippen LogP contribution in [0, 0.1) is 0 Å². The average Bonchev–Trinajstić information content (AvgIpc) is 3.30. The van der Waals surface area contributed by atoms with E-state index in [0.717, 1.165) is 11.2 Å². The van der Waals surface area contributed by atoms with Crippen LogP contribution in [0.15, 0.2) is 54.6 Å². The van der Waals surface area contributed by atoms with Crippen LogP contribution in [0.3, 0.4) is 0 Å². The fourth-order valence-corrected chi connectivity index (χ4v) is 4.51. The number of benzene rings is 2. The molecule has 0 aliphatic carbocycles. The minimum Gasteiger partial charge on any atom is -0.465 e. The lowest BCUT2D eigenvalue weighted by atomic mass is 9.84. The summed E-state index contributed by atoms with van der Waals surface area (Å²) in [6.07, 6.45) is 0.593. The lowest BCUT2D eigenvalue weighted by molar-refractivity contribution is -0.192. The SMILES string of the molecule is CCOC(=O)[C@@H]1Cc2c([nH]c3ccccc23)[C@H]2[C@@H](c3ccccc3)CON12. The van der Waals surface area contributed by atoms with E-state index >= 15 is 0 Å². The molecule has 0 bridgehead atoms.